The van der Waals surface area contributed by atoms with Gasteiger partial charge in [0, 0.05) is 19.8 Å². The molecule has 0 saturated heterocycles. The first-order valence-electron chi connectivity index (χ1n) is 3.97. The number of nitrogens with zero attached hydrogens (tertiary/aromatic N) is 1. The smallest absolute Gasteiger partial charge is 0.735 e. The first-order chi connectivity index (χ1) is 6.69. The number of rotatable bonds is 7. The zero-order valence-electron chi connectivity index (χ0n) is 9.95. The molecule has 0 bridgehead atoms. The second kappa shape index (κ2) is 10.5. The standard InChI is InChI=1S/C5H13NO7S2.2Na/c1-2-13-5-3-4-6(14(7,8)9)15(10,11)12;;/h2-5H2,1H3,(H,7,8,9)(H,10,11,12);;/q;2*+1/p-2. The molecule has 0 aliphatic rings. The second-order valence-corrected chi connectivity index (χ2v) is 5.29. The molecule has 0 rings (SSSR count). The average Bonchev–Trinajstić information content (AvgIpc) is 1.99. The molecule has 0 heterocycles. The van der Waals surface area contributed by atoms with Crippen LogP contribution in [-0.4, -0.2) is 49.4 Å². The van der Waals surface area contributed by atoms with Crippen molar-refractivity contribution in [3.8, 4) is 0 Å². The molecule has 0 atom stereocenters. The van der Waals surface area contributed by atoms with Crippen molar-refractivity contribution in [2.75, 3.05) is 19.8 Å². The van der Waals surface area contributed by atoms with Crippen molar-refractivity contribution >= 4 is 20.6 Å². The van der Waals surface area contributed by atoms with Crippen molar-refractivity contribution in [1.82, 2.24) is 3.71 Å². The van der Waals surface area contributed by atoms with E-state index in [0.29, 0.717) is 6.61 Å². The summed E-state index contributed by atoms with van der Waals surface area (Å²) in [6, 6.07) is 0. The monoisotopic (exact) mass is 307 g/mol. The van der Waals surface area contributed by atoms with E-state index in [4.69, 9.17) is 4.74 Å². The zero-order chi connectivity index (χ0) is 12.1. The van der Waals surface area contributed by atoms with E-state index in [1.807, 2.05) is 0 Å². The van der Waals surface area contributed by atoms with E-state index in [2.05, 4.69) is 0 Å². The molecular weight excluding hydrogens is 296 g/mol. The van der Waals surface area contributed by atoms with Gasteiger partial charge in [0.25, 0.3) is 0 Å². The van der Waals surface area contributed by atoms with Gasteiger partial charge in [-0.1, -0.05) is 0 Å². The van der Waals surface area contributed by atoms with Gasteiger partial charge < -0.3 is 13.8 Å². The van der Waals surface area contributed by atoms with Gasteiger partial charge >= 0.3 is 59.1 Å². The third-order valence-corrected chi connectivity index (χ3v) is 3.79. The fourth-order valence-electron chi connectivity index (χ4n) is 0.775. The molecule has 0 fully saturated rings. The van der Waals surface area contributed by atoms with E-state index in [0.717, 1.165) is 0 Å². The molecule has 0 spiro atoms. The zero-order valence-corrected chi connectivity index (χ0v) is 15.6. The van der Waals surface area contributed by atoms with Crippen molar-refractivity contribution in [2.24, 2.45) is 0 Å². The Morgan fingerprint density at radius 2 is 1.47 bits per heavy atom. The van der Waals surface area contributed by atoms with E-state index in [1.165, 1.54) is 0 Å². The molecule has 8 nitrogen and oxygen atoms in total. The quantitative estimate of drug-likeness (QED) is 0.260. The van der Waals surface area contributed by atoms with Crippen LogP contribution in [0.3, 0.4) is 0 Å². The van der Waals surface area contributed by atoms with Gasteiger partial charge in [0.15, 0.2) is 20.6 Å². The van der Waals surface area contributed by atoms with E-state index in [9.17, 15) is 25.9 Å². The predicted molar refractivity (Wildman–Crippen MR) is 47.2 cm³/mol. The van der Waals surface area contributed by atoms with Gasteiger partial charge in [-0.3, -0.25) is 0 Å². The fraction of sp³-hybridized carbons (Fsp3) is 1.00. The molecule has 92 valence electrons. The van der Waals surface area contributed by atoms with Crippen LogP contribution in [0, 0.1) is 0 Å². The minimum absolute atomic E-state index is 0. The molecule has 12 heteroatoms. The molecule has 0 aromatic carbocycles. The second-order valence-electron chi connectivity index (χ2n) is 2.46. The van der Waals surface area contributed by atoms with Crippen LogP contribution in [0.15, 0.2) is 0 Å². The van der Waals surface area contributed by atoms with E-state index >= 15 is 0 Å². The number of hydrogen-bond donors (Lipinski definition) is 0. The van der Waals surface area contributed by atoms with E-state index < -0.39 is 30.9 Å². The molecule has 0 aliphatic carbocycles. The minimum atomic E-state index is -5.28. The predicted octanol–water partition coefficient (Wildman–Crippen LogP) is -7.36. The van der Waals surface area contributed by atoms with Gasteiger partial charge in [-0.15, -0.1) is 3.71 Å². The Hall–Kier alpha value is 1.74. The molecule has 17 heavy (non-hydrogen) atoms. The summed E-state index contributed by atoms with van der Waals surface area (Å²) in [6.07, 6.45) is -0.0449. The first-order valence-corrected chi connectivity index (χ1v) is 6.70. The Morgan fingerprint density at radius 1 is 1.06 bits per heavy atom. The van der Waals surface area contributed by atoms with E-state index in [-0.39, 0.29) is 72.1 Å². The maximum absolute atomic E-state index is 10.4. The van der Waals surface area contributed by atoms with Gasteiger partial charge in [0.1, 0.15) is 0 Å². The van der Waals surface area contributed by atoms with Gasteiger partial charge in [-0.25, -0.2) is 16.8 Å². The molecule has 0 N–H and O–H groups in total. The summed E-state index contributed by atoms with van der Waals surface area (Å²) >= 11 is 0. The van der Waals surface area contributed by atoms with Crippen molar-refractivity contribution in [3.63, 3.8) is 0 Å². The average molecular weight is 307 g/mol. The summed E-state index contributed by atoms with van der Waals surface area (Å²) < 4.78 is 66.5. The molecule has 0 aliphatic heterocycles. The van der Waals surface area contributed by atoms with Crippen LogP contribution >= 0.6 is 0 Å². The summed E-state index contributed by atoms with van der Waals surface area (Å²) in [5, 5.41) is 0. The summed E-state index contributed by atoms with van der Waals surface area (Å²) in [6.45, 7) is 1.43. The van der Waals surface area contributed by atoms with Gasteiger partial charge in [0.05, 0.1) is 0 Å². The topological polar surface area (TPSA) is 127 Å². The Kier molecular flexibility index (Phi) is 14.7. The van der Waals surface area contributed by atoms with Gasteiger partial charge in [-0.2, -0.15) is 0 Å². The summed E-state index contributed by atoms with van der Waals surface area (Å²) in [5.74, 6) is 0. The minimum Gasteiger partial charge on any atom is -0.735 e. The van der Waals surface area contributed by atoms with Crippen LogP contribution in [-0.2, 0) is 25.3 Å². The van der Waals surface area contributed by atoms with Crippen LogP contribution in [0.5, 0.6) is 0 Å². The summed E-state index contributed by atoms with van der Waals surface area (Å²) in [7, 11) is -10.6. The maximum atomic E-state index is 10.4. The van der Waals surface area contributed by atoms with Crippen LogP contribution in [0.1, 0.15) is 13.3 Å². The van der Waals surface area contributed by atoms with E-state index in [1.54, 1.807) is 6.92 Å². The van der Waals surface area contributed by atoms with Crippen molar-refractivity contribution < 1.29 is 89.8 Å². The molecular formula is C5H11NNa2O7S2. The normalized spacial score (nSPS) is 11.8. The fourth-order valence-corrected chi connectivity index (χ4v) is 2.38. The van der Waals surface area contributed by atoms with Crippen molar-refractivity contribution in [3.05, 3.63) is 0 Å². The molecule has 0 aromatic heterocycles. The molecule has 0 radical (unpaired) electrons. The van der Waals surface area contributed by atoms with Crippen molar-refractivity contribution in [2.45, 2.75) is 13.3 Å². The Morgan fingerprint density at radius 3 is 1.76 bits per heavy atom. The van der Waals surface area contributed by atoms with Crippen LogP contribution in [0.2, 0.25) is 0 Å². The Balaban J connectivity index is -0.000000980. The van der Waals surface area contributed by atoms with Crippen LogP contribution in [0.4, 0.5) is 0 Å². The maximum Gasteiger partial charge on any atom is 1.00 e. The van der Waals surface area contributed by atoms with Gasteiger partial charge in [-0.05, 0) is 13.3 Å². The first kappa shape index (κ1) is 23.8. The van der Waals surface area contributed by atoms with Crippen molar-refractivity contribution in [1.29, 1.82) is 0 Å². The SMILES string of the molecule is CCOCCCN(S(=O)(=O)[O-])S(=O)(=O)[O-].[Na+].[Na+]. The third-order valence-electron chi connectivity index (χ3n) is 1.33. The number of hydrogen-bond acceptors (Lipinski definition) is 7. The Bertz CT molecular complexity index is 349. The summed E-state index contributed by atoms with van der Waals surface area (Å²) in [5.41, 5.74) is 0. The Labute approximate surface area is 145 Å². The molecule has 0 amide bonds. The largest absolute Gasteiger partial charge is 1.00 e. The molecule has 0 unspecified atom stereocenters. The third kappa shape index (κ3) is 11.3. The van der Waals surface area contributed by atoms with Gasteiger partial charge in [0.2, 0.25) is 0 Å². The summed E-state index contributed by atoms with van der Waals surface area (Å²) in [4.78, 5) is 0. The van der Waals surface area contributed by atoms with Crippen LogP contribution in [0.25, 0.3) is 0 Å². The molecule has 0 aromatic rings. The number of ether oxygens (including phenoxy) is 1. The molecule has 0 saturated carbocycles. The van der Waals surface area contributed by atoms with Crippen LogP contribution < -0.4 is 59.1 Å².